The van der Waals surface area contributed by atoms with Crippen LogP contribution in [0.1, 0.15) is 25.0 Å². The average molecular weight is 647 g/mol. The molecule has 4 heterocycles. The molecule has 1 fully saturated rings. The van der Waals surface area contributed by atoms with Crippen LogP contribution in [-0.4, -0.2) is 37.2 Å². The second-order valence-corrected chi connectivity index (χ2v) is 15.0. The largest absolute Gasteiger partial charge is 0.380 e. The van der Waals surface area contributed by atoms with Crippen LogP contribution in [0.15, 0.2) is 106 Å². The van der Waals surface area contributed by atoms with Gasteiger partial charge in [-0.15, -0.1) is 23.5 Å². The van der Waals surface area contributed by atoms with E-state index in [2.05, 4.69) is 4.98 Å². The van der Waals surface area contributed by atoms with Gasteiger partial charge in [-0.05, 0) is 60.4 Å². The van der Waals surface area contributed by atoms with Crippen LogP contribution in [0.3, 0.4) is 0 Å². The first kappa shape index (κ1) is 27.5. The Morgan fingerprint density at radius 1 is 0.578 bits per heavy atom. The van der Waals surface area contributed by atoms with Gasteiger partial charge >= 0.3 is 17.8 Å². The molecule has 0 amide bonds. The van der Waals surface area contributed by atoms with E-state index in [4.69, 9.17) is 4.98 Å². The highest BCUT2D eigenvalue weighted by Gasteiger charge is 2.84. The van der Waals surface area contributed by atoms with Gasteiger partial charge < -0.3 is 0 Å². The van der Waals surface area contributed by atoms with Gasteiger partial charge in [-0.2, -0.15) is 26.3 Å². The Morgan fingerprint density at radius 3 is 1.89 bits per heavy atom. The van der Waals surface area contributed by atoms with Gasteiger partial charge in [-0.1, -0.05) is 54.6 Å². The molecule has 45 heavy (non-hydrogen) atoms. The van der Waals surface area contributed by atoms with Crippen LogP contribution in [0.25, 0.3) is 44.2 Å². The molecule has 3 aromatic carbocycles. The van der Waals surface area contributed by atoms with Gasteiger partial charge in [-0.3, -0.25) is 4.98 Å². The summed E-state index contributed by atoms with van der Waals surface area (Å²) in [4.78, 5) is 10.6. The third-order valence-electron chi connectivity index (χ3n) is 9.79. The Bertz CT molecular complexity index is 2260. The van der Waals surface area contributed by atoms with Crippen molar-refractivity contribution in [2.24, 2.45) is 0 Å². The molecule has 10 heteroatoms. The summed E-state index contributed by atoms with van der Waals surface area (Å²) >= 11 is 2.52. The zero-order valence-electron chi connectivity index (χ0n) is 23.6. The summed E-state index contributed by atoms with van der Waals surface area (Å²) in [6, 6.07) is 23.2. The summed E-state index contributed by atoms with van der Waals surface area (Å²) in [6.45, 7) is 3.43. The molecule has 2 atom stereocenters. The number of allylic oxidation sites excluding steroid dienone is 2. The van der Waals surface area contributed by atoms with Gasteiger partial charge in [0, 0.05) is 43.5 Å². The van der Waals surface area contributed by atoms with Crippen molar-refractivity contribution in [3.63, 3.8) is 0 Å². The molecule has 4 aliphatic rings. The molecule has 1 saturated carbocycles. The van der Waals surface area contributed by atoms with E-state index in [0.29, 0.717) is 32.1 Å². The van der Waals surface area contributed by atoms with Crippen LogP contribution in [0.4, 0.5) is 26.3 Å². The number of benzene rings is 3. The third kappa shape index (κ3) is 3.08. The van der Waals surface area contributed by atoms with E-state index < -0.39 is 38.4 Å². The number of halogens is 6. The normalized spacial score (nSPS) is 26.6. The van der Waals surface area contributed by atoms with E-state index in [1.54, 1.807) is 62.5 Å². The number of fused-ring (bicyclic) bond motifs is 11. The van der Waals surface area contributed by atoms with E-state index in [1.165, 1.54) is 23.5 Å². The lowest BCUT2D eigenvalue weighted by Gasteiger charge is -2.47. The summed E-state index contributed by atoms with van der Waals surface area (Å²) in [5, 5.41) is 1.83. The van der Waals surface area contributed by atoms with Crippen molar-refractivity contribution >= 4 is 56.5 Å². The molecule has 0 radical (unpaired) electrons. The monoisotopic (exact) mass is 646 g/mol. The molecule has 2 aliphatic heterocycles. The van der Waals surface area contributed by atoms with Crippen molar-refractivity contribution in [2.75, 3.05) is 0 Å². The lowest BCUT2D eigenvalue weighted by Crippen LogP contribution is -2.47. The number of nitrogens with zero attached hydrogens (tertiary/aromatic N) is 2. The minimum absolute atomic E-state index is 0.137. The first-order valence-corrected chi connectivity index (χ1v) is 15.9. The molecule has 0 N–H and O–H groups in total. The van der Waals surface area contributed by atoms with Gasteiger partial charge in [0.15, 0.2) is 0 Å². The molecule has 2 aromatic heterocycles. The number of alkyl halides is 6. The molecular formula is C35H20F6N2S2. The SMILES string of the molecule is CC12Sc3ccccc3C1=C1C(=C3c4ccc(-c5ccc6ccc7cccnc7c6n5)cc4SC32C)C(F)(F)C(F)(F)C1(F)F. The van der Waals surface area contributed by atoms with E-state index in [9.17, 15) is 0 Å². The summed E-state index contributed by atoms with van der Waals surface area (Å²) in [5.74, 6) is -15.8. The van der Waals surface area contributed by atoms with Crippen LogP contribution >= 0.6 is 23.5 Å². The zero-order chi connectivity index (χ0) is 31.3. The van der Waals surface area contributed by atoms with Gasteiger partial charge in [0.05, 0.1) is 26.2 Å². The van der Waals surface area contributed by atoms with Crippen molar-refractivity contribution in [1.82, 2.24) is 9.97 Å². The molecular weight excluding hydrogens is 627 g/mol. The average Bonchev–Trinajstić information content (AvgIpc) is 3.53. The lowest BCUT2D eigenvalue weighted by molar-refractivity contribution is -0.257. The van der Waals surface area contributed by atoms with E-state index in [1.807, 2.05) is 36.4 Å². The Morgan fingerprint density at radius 2 is 1.18 bits per heavy atom. The van der Waals surface area contributed by atoms with Crippen molar-refractivity contribution in [1.29, 1.82) is 0 Å². The second kappa shape index (κ2) is 8.33. The minimum atomic E-state index is -5.60. The number of hydrogen-bond acceptors (Lipinski definition) is 4. The molecule has 0 spiro atoms. The predicted octanol–water partition coefficient (Wildman–Crippen LogP) is 10.3. The number of thioether (sulfide) groups is 2. The van der Waals surface area contributed by atoms with E-state index in [0.717, 1.165) is 16.3 Å². The first-order valence-electron chi connectivity index (χ1n) is 14.2. The molecule has 0 saturated heterocycles. The standard InChI is InChI=1S/C35H20F6N2S2/c1-31-25(20-7-3-4-8-23(20)44-31)27-28(34(38,39)35(40,41)33(27,36)37)26-21-13-11-19(16-24(21)45-32(26,31)2)22-14-12-18-10-9-17-6-5-15-42-29(17)30(18)43-22/h3-16H,1-2H3. The number of aromatic nitrogens is 2. The minimum Gasteiger partial charge on any atom is -0.254 e. The van der Waals surface area contributed by atoms with Crippen LogP contribution in [0.5, 0.6) is 0 Å². The fourth-order valence-corrected chi connectivity index (χ4v) is 10.7. The predicted molar refractivity (Wildman–Crippen MR) is 166 cm³/mol. The molecule has 9 rings (SSSR count). The molecule has 0 bridgehead atoms. The van der Waals surface area contributed by atoms with E-state index >= 15 is 26.3 Å². The maximum atomic E-state index is 15.9. The Balaban J connectivity index is 1.30. The molecule has 2 aliphatic carbocycles. The molecule has 2 nitrogen and oxygen atoms in total. The lowest BCUT2D eigenvalue weighted by atomic mass is 9.68. The summed E-state index contributed by atoms with van der Waals surface area (Å²) < 4.78 is 91.3. The van der Waals surface area contributed by atoms with Crippen molar-refractivity contribution in [3.05, 3.63) is 107 Å². The number of hydrogen-bond donors (Lipinski definition) is 0. The summed E-state index contributed by atoms with van der Waals surface area (Å²) in [7, 11) is 0. The smallest absolute Gasteiger partial charge is 0.254 e. The van der Waals surface area contributed by atoms with Crippen LogP contribution in [0, 0.1) is 0 Å². The summed E-state index contributed by atoms with van der Waals surface area (Å²) in [5.41, 5.74) is 0.509. The van der Waals surface area contributed by atoms with Crippen LogP contribution in [0.2, 0.25) is 0 Å². The summed E-state index contributed by atoms with van der Waals surface area (Å²) in [6.07, 6.45) is 1.70. The zero-order valence-corrected chi connectivity index (χ0v) is 25.2. The van der Waals surface area contributed by atoms with Gasteiger partial charge in [-0.25, -0.2) is 4.98 Å². The highest BCUT2D eigenvalue weighted by Crippen LogP contribution is 2.78. The fraction of sp³-hybridized carbons (Fsp3) is 0.200. The van der Waals surface area contributed by atoms with Gasteiger partial charge in [0.2, 0.25) is 0 Å². The van der Waals surface area contributed by atoms with E-state index in [-0.39, 0.29) is 16.7 Å². The fourth-order valence-electron chi connectivity index (χ4n) is 7.48. The maximum Gasteiger partial charge on any atom is 0.380 e. The maximum absolute atomic E-state index is 15.9. The van der Waals surface area contributed by atoms with Gasteiger partial charge in [0.25, 0.3) is 0 Å². The molecule has 5 aromatic rings. The topological polar surface area (TPSA) is 25.8 Å². The van der Waals surface area contributed by atoms with Crippen LogP contribution in [-0.2, 0) is 0 Å². The van der Waals surface area contributed by atoms with Crippen molar-refractivity contribution in [2.45, 2.75) is 50.9 Å². The van der Waals surface area contributed by atoms with Gasteiger partial charge in [0.1, 0.15) is 0 Å². The third-order valence-corrected chi connectivity index (χ3v) is 13.1. The number of pyridine rings is 2. The second-order valence-electron chi connectivity index (χ2n) is 12.1. The van der Waals surface area contributed by atoms with Crippen LogP contribution < -0.4 is 0 Å². The van der Waals surface area contributed by atoms with Crippen molar-refractivity contribution < 1.29 is 26.3 Å². The Labute approximate surface area is 261 Å². The highest BCUT2D eigenvalue weighted by molar-refractivity contribution is 8.06. The highest BCUT2D eigenvalue weighted by atomic mass is 32.2. The quantitative estimate of drug-likeness (QED) is 0.134. The molecule has 2 unspecified atom stereocenters. The van der Waals surface area contributed by atoms with Crippen molar-refractivity contribution in [3.8, 4) is 11.3 Å². The first-order chi connectivity index (χ1) is 21.3. The number of rotatable bonds is 1. The Kier molecular flexibility index (Phi) is 5.10. The molecule has 224 valence electrons. The Hall–Kier alpha value is -3.76.